The van der Waals surface area contributed by atoms with Gasteiger partial charge in [0.15, 0.2) is 6.29 Å². The Balaban J connectivity index is 2.40. The number of benzene rings is 1. The Morgan fingerprint density at radius 1 is 1.19 bits per heavy atom. The molecule has 0 aliphatic carbocycles. The van der Waals surface area contributed by atoms with Crippen LogP contribution in [-0.4, -0.2) is 46.5 Å². The van der Waals surface area contributed by atoms with E-state index in [9.17, 15) is 15.0 Å². The topological polar surface area (TPSA) is 87.0 Å². The lowest BCUT2D eigenvalue weighted by atomic mass is 10.1. The molecule has 0 heterocycles. The maximum Gasteiger partial charge on any atom is 0.151 e. The van der Waals surface area contributed by atoms with Gasteiger partial charge in [0.1, 0.15) is 30.7 Å². The Kier molecular flexibility index (Phi) is 4.91. The summed E-state index contributed by atoms with van der Waals surface area (Å²) in [4.78, 5) is 10.2. The van der Waals surface area contributed by atoms with Crippen molar-refractivity contribution in [3.8, 4) is 5.75 Å². The van der Waals surface area contributed by atoms with Crippen LogP contribution in [0.15, 0.2) is 30.3 Å². The van der Waals surface area contributed by atoms with Crippen molar-refractivity contribution < 1.29 is 24.9 Å². The molecule has 88 valence electrons. The number of hydrogen-bond acceptors (Lipinski definition) is 5. The lowest BCUT2D eigenvalue weighted by Crippen LogP contribution is -2.41. The molecule has 1 aromatic rings. The molecule has 5 heteroatoms. The monoisotopic (exact) mass is 226 g/mol. The standard InChI is InChI=1S/C11H14O5/c12-6-9(13)11(15)10(14)7-16-8-4-2-1-3-5-8/h1-6,9-11,13-15H,7H2/t9-,10-,11-/m0/s1. The number of aliphatic hydroxyl groups excluding tert-OH is 3. The quantitative estimate of drug-likeness (QED) is 0.561. The summed E-state index contributed by atoms with van der Waals surface area (Å²) in [5.74, 6) is 0.536. The Morgan fingerprint density at radius 3 is 2.38 bits per heavy atom. The van der Waals surface area contributed by atoms with E-state index in [0.29, 0.717) is 5.75 Å². The zero-order chi connectivity index (χ0) is 12.0. The molecule has 0 aromatic heterocycles. The highest BCUT2D eigenvalue weighted by atomic mass is 16.5. The van der Waals surface area contributed by atoms with Crippen LogP contribution in [0.3, 0.4) is 0 Å². The molecule has 0 spiro atoms. The molecule has 5 nitrogen and oxygen atoms in total. The van der Waals surface area contributed by atoms with Gasteiger partial charge in [0.05, 0.1) is 0 Å². The molecule has 3 atom stereocenters. The normalized spacial score (nSPS) is 16.2. The van der Waals surface area contributed by atoms with Crippen molar-refractivity contribution in [1.29, 1.82) is 0 Å². The summed E-state index contributed by atoms with van der Waals surface area (Å²) in [6.45, 7) is -0.198. The van der Waals surface area contributed by atoms with Gasteiger partial charge in [0.25, 0.3) is 0 Å². The second kappa shape index (κ2) is 6.22. The fraction of sp³-hybridized carbons (Fsp3) is 0.364. The Labute approximate surface area is 92.9 Å². The predicted molar refractivity (Wildman–Crippen MR) is 56.0 cm³/mol. The molecule has 0 radical (unpaired) electrons. The zero-order valence-corrected chi connectivity index (χ0v) is 8.56. The first-order valence-electron chi connectivity index (χ1n) is 4.82. The number of rotatable bonds is 6. The average Bonchev–Trinajstić information content (AvgIpc) is 2.35. The van der Waals surface area contributed by atoms with Crippen LogP contribution >= 0.6 is 0 Å². The highest BCUT2D eigenvalue weighted by Gasteiger charge is 2.24. The van der Waals surface area contributed by atoms with E-state index in [4.69, 9.17) is 9.84 Å². The number of ether oxygens (including phenoxy) is 1. The fourth-order valence-corrected chi connectivity index (χ4v) is 1.11. The van der Waals surface area contributed by atoms with E-state index in [1.165, 1.54) is 0 Å². The SMILES string of the molecule is O=C[C@H](O)[C@H](O)[C@@H](O)COc1ccccc1. The van der Waals surface area contributed by atoms with Gasteiger partial charge in [0.2, 0.25) is 0 Å². The number of para-hydroxylation sites is 1. The smallest absolute Gasteiger partial charge is 0.151 e. The van der Waals surface area contributed by atoms with Crippen LogP contribution in [0.5, 0.6) is 5.75 Å². The zero-order valence-electron chi connectivity index (χ0n) is 8.56. The van der Waals surface area contributed by atoms with E-state index >= 15 is 0 Å². The molecule has 3 N–H and O–H groups in total. The van der Waals surface area contributed by atoms with Gasteiger partial charge in [-0.3, -0.25) is 0 Å². The van der Waals surface area contributed by atoms with Crippen molar-refractivity contribution >= 4 is 6.29 Å². The van der Waals surface area contributed by atoms with Crippen molar-refractivity contribution in [2.24, 2.45) is 0 Å². The van der Waals surface area contributed by atoms with Crippen LogP contribution in [0.25, 0.3) is 0 Å². The van der Waals surface area contributed by atoms with E-state index in [0.717, 1.165) is 0 Å². The van der Waals surface area contributed by atoms with E-state index in [-0.39, 0.29) is 12.9 Å². The third kappa shape index (κ3) is 3.62. The van der Waals surface area contributed by atoms with E-state index in [1.54, 1.807) is 24.3 Å². The summed E-state index contributed by atoms with van der Waals surface area (Å²) in [5.41, 5.74) is 0. The van der Waals surface area contributed by atoms with Crippen LogP contribution in [-0.2, 0) is 4.79 Å². The third-order valence-electron chi connectivity index (χ3n) is 2.05. The summed E-state index contributed by atoms with van der Waals surface area (Å²) in [6, 6.07) is 8.72. The molecule has 0 unspecified atom stereocenters. The van der Waals surface area contributed by atoms with Crippen LogP contribution in [0.4, 0.5) is 0 Å². The molecule has 0 saturated heterocycles. The van der Waals surface area contributed by atoms with Gasteiger partial charge in [0, 0.05) is 0 Å². The van der Waals surface area contributed by atoms with Crippen molar-refractivity contribution in [3.05, 3.63) is 30.3 Å². The van der Waals surface area contributed by atoms with Gasteiger partial charge in [-0.15, -0.1) is 0 Å². The van der Waals surface area contributed by atoms with Crippen molar-refractivity contribution in [1.82, 2.24) is 0 Å². The van der Waals surface area contributed by atoms with E-state index < -0.39 is 18.3 Å². The van der Waals surface area contributed by atoms with Gasteiger partial charge in [-0.2, -0.15) is 0 Å². The molecule has 1 rings (SSSR count). The average molecular weight is 226 g/mol. The molecular weight excluding hydrogens is 212 g/mol. The van der Waals surface area contributed by atoms with Crippen LogP contribution in [0.2, 0.25) is 0 Å². The molecule has 0 saturated carbocycles. The minimum absolute atomic E-state index is 0.163. The minimum Gasteiger partial charge on any atom is -0.491 e. The van der Waals surface area contributed by atoms with Gasteiger partial charge < -0.3 is 24.9 Å². The molecule has 1 aromatic carbocycles. The lowest BCUT2D eigenvalue weighted by molar-refractivity contribution is -0.127. The summed E-state index contributed by atoms with van der Waals surface area (Å²) in [7, 11) is 0. The largest absolute Gasteiger partial charge is 0.491 e. The van der Waals surface area contributed by atoms with Crippen molar-refractivity contribution in [2.75, 3.05) is 6.61 Å². The van der Waals surface area contributed by atoms with Crippen LogP contribution in [0.1, 0.15) is 0 Å². The molecule has 0 bridgehead atoms. The summed E-state index contributed by atoms with van der Waals surface area (Å²) >= 11 is 0. The number of carbonyl (C=O) groups is 1. The third-order valence-corrected chi connectivity index (χ3v) is 2.05. The molecule has 0 amide bonds. The maximum absolute atomic E-state index is 10.2. The summed E-state index contributed by atoms with van der Waals surface area (Å²) in [6.07, 6.45) is -4.30. The van der Waals surface area contributed by atoms with Gasteiger partial charge in [-0.25, -0.2) is 0 Å². The number of hydrogen-bond donors (Lipinski definition) is 3. The Hall–Kier alpha value is -1.43. The highest BCUT2D eigenvalue weighted by molar-refractivity contribution is 5.56. The van der Waals surface area contributed by atoms with Gasteiger partial charge in [-0.1, -0.05) is 18.2 Å². The minimum atomic E-state index is -1.60. The van der Waals surface area contributed by atoms with Crippen molar-refractivity contribution in [2.45, 2.75) is 18.3 Å². The first kappa shape index (κ1) is 12.6. The van der Waals surface area contributed by atoms with Gasteiger partial charge >= 0.3 is 0 Å². The number of aliphatic hydroxyl groups is 3. The first-order valence-corrected chi connectivity index (χ1v) is 4.82. The van der Waals surface area contributed by atoms with E-state index in [1.807, 2.05) is 6.07 Å². The van der Waals surface area contributed by atoms with E-state index in [2.05, 4.69) is 0 Å². The molecular formula is C11H14O5. The van der Waals surface area contributed by atoms with Crippen LogP contribution < -0.4 is 4.74 Å². The highest BCUT2D eigenvalue weighted by Crippen LogP contribution is 2.09. The predicted octanol–water partition coefficient (Wildman–Crippen LogP) is -0.653. The fourth-order valence-electron chi connectivity index (χ4n) is 1.11. The first-order chi connectivity index (χ1) is 7.65. The number of carbonyl (C=O) groups excluding carboxylic acids is 1. The Morgan fingerprint density at radius 2 is 1.81 bits per heavy atom. The Bertz CT molecular complexity index is 313. The maximum atomic E-state index is 10.2. The summed E-state index contributed by atoms with van der Waals surface area (Å²) in [5, 5.41) is 27.6. The van der Waals surface area contributed by atoms with Crippen LogP contribution in [0, 0.1) is 0 Å². The summed E-state index contributed by atoms with van der Waals surface area (Å²) < 4.78 is 5.15. The van der Waals surface area contributed by atoms with Crippen molar-refractivity contribution in [3.63, 3.8) is 0 Å². The second-order valence-corrected chi connectivity index (χ2v) is 3.31. The second-order valence-electron chi connectivity index (χ2n) is 3.31. The molecule has 0 aliphatic rings. The molecule has 0 aliphatic heterocycles. The lowest BCUT2D eigenvalue weighted by Gasteiger charge is -2.19. The van der Waals surface area contributed by atoms with Gasteiger partial charge in [-0.05, 0) is 12.1 Å². The molecule has 0 fully saturated rings. The molecule has 16 heavy (non-hydrogen) atoms. The number of aldehydes is 1.